The molecule has 0 fully saturated rings. The van der Waals surface area contributed by atoms with Crippen LogP contribution in [0.5, 0.6) is 0 Å². The number of aromatic nitrogens is 4. The average molecular weight is 247 g/mol. The Morgan fingerprint density at radius 1 is 1.50 bits per heavy atom. The first-order chi connectivity index (χ1) is 8.69. The van der Waals surface area contributed by atoms with E-state index < -0.39 is 5.97 Å². The van der Waals surface area contributed by atoms with Gasteiger partial charge in [0.1, 0.15) is 0 Å². The van der Waals surface area contributed by atoms with Gasteiger partial charge in [-0.05, 0) is 17.3 Å². The summed E-state index contributed by atoms with van der Waals surface area (Å²) < 4.78 is 0. The van der Waals surface area contributed by atoms with Crippen LogP contribution in [0.3, 0.4) is 0 Å². The minimum atomic E-state index is -1.05. The largest absolute Gasteiger partial charge is 0.480 e. The Kier molecular flexibility index (Phi) is 3.28. The molecule has 1 aromatic heterocycles. The first-order valence-electron chi connectivity index (χ1n) is 4.99. The number of nitrogens with zero attached hydrogens (tertiary/aromatic N) is 4. The maximum absolute atomic E-state index is 10.5. The van der Waals surface area contributed by atoms with Gasteiger partial charge in [0.2, 0.25) is 12.2 Å². The van der Waals surface area contributed by atoms with E-state index in [9.17, 15) is 9.59 Å². The Labute approximate surface area is 101 Å². The lowest BCUT2D eigenvalue weighted by Gasteiger charge is -1.99. The van der Waals surface area contributed by atoms with Gasteiger partial charge in [-0.3, -0.25) is 9.59 Å². The third-order valence-corrected chi connectivity index (χ3v) is 2.08. The maximum atomic E-state index is 10.5. The van der Waals surface area contributed by atoms with E-state index in [1.807, 2.05) is 0 Å². The number of carboxylic acid groups (broad SMARTS) is 1. The van der Waals surface area contributed by atoms with Crippen LogP contribution in [0.15, 0.2) is 24.3 Å². The normalized spacial score (nSPS) is 10.0. The molecule has 0 spiro atoms. The topological polar surface area (TPSA) is 110 Å². The van der Waals surface area contributed by atoms with Gasteiger partial charge in [0, 0.05) is 11.3 Å². The van der Waals surface area contributed by atoms with Gasteiger partial charge >= 0.3 is 5.97 Å². The van der Waals surface area contributed by atoms with E-state index in [0.29, 0.717) is 23.5 Å². The molecule has 2 rings (SSSR count). The van der Waals surface area contributed by atoms with Gasteiger partial charge in [-0.25, -0.2) is 0 Å². The minimum Gasteiger partial charge on any atom is -0.480 e. The van der Waals surface area contributed by atoms with E-state index >= 15 is 0 Å². The standard InChI is InChI=1S/C10H9N5O3/c16-6-11-8-3-1-2-7(4-8)10-12-14-15(13-10)5-9(17)18/h1-4,6H,5H2,(H,11,16)(H,17,18). The van der Waals surface area contributed by atoms with Crippen LogP contribution in [-0.4, -0.2) is 37.7 Å². The molecule has 0 saturated carbocycles. The van der Waals surface area contributed by atoms with Gasteiger partial charge < -0.3 is 10.4 Å². The van der Waals surface area contributed by atoms with Crippen LogP contribution in [-0.2, 0) is 16.1 Å². The number of tetrazole rings is 1. The molecule has 8 heteroatoms. The van der Waals surface area contributed by atoms with Gasteiger partial charge in [0.05, 0.1) is 0 Å². The predicted molar refractivity (Wildman–Crippen MR) is 60.6 cm³/mol. The highest BCUT2D eigenvalue weighted by atomic mass is 16.4. The van der Waals surface area contributed by atoms with Crippen molar-refractivity contribution in [3.8, 4) is 11.4 Å². The van der Waals surface area contributed by atoms with Crippen molar-refractivity contribution in [2.75, 3.05) is 5.32 Å². The first-order valence-corrected chi connectivity index (χ1v) is 4.99. The van der Waals surface area contributed by atoms with Crippen LogP contribution in [0.2, 0.25) is 0 Å². The molecule has 0 atom stereocenters. The molecule has 2 N–H and O–H groups in total. The Balaban J connectivity index is 2.25. The SMILES string of the molecule is O=CNc1cccc(-c2nnn(CC(=O)O)n2)c1. The smallest absolute Gasteiger partial charge is 0.327 e. The van der Waals surface area contributed by atoms with Crippen LogP contribution < -0.4 is 5.32 Å². The zero-order chi connectivity index (χ0) is 13.0. The van der Waals surface area contributed by atoms with Gasteiger partial charge in [0.15, 0.2) is 6.54 Å². The Bertz CT molecular complexity index is 580. The number of carboxylic acids is 1. The van der Waals surface area contributed by atoms with E-state index in [-0.39, 0.29) is 6.54 Å². The third-order valence-electron chi connectivity index (χ3n) is 2.08. The van der Waals surface area contributed by atoms with Crippen LogP contribution in [0.4, 0.5) is 5.69 Å². The summed E-state index contributed by atoms with van der Waals surface area (Å²) in [6.45, 7) is -0.348. The van der Waals surface area contributed by atoms with Crippen LogP contribution in [0.25, 0.3) is 11.4 Å². The van der Waals surface area contributed by atoms with Crippen LogP contribution >= 0.6 is 0 Å². The van der Waals surface area contributed by atoms with Crippen molar-refractivity contribution < 1.29 is 14.7 Å². The summed E-state index contributed by atoms with van der Waals surface area (Å²) in [7, 11) is 0. The number of benzene rings is 1. The molecule has 0 radical (unpaired) electrons. The number of aliphatic carboxylic acids is 1. The van der Waals surface area contributed by atoms with E-state index in [1.165, 1.54) is 0 Å². The molecular formula is C10H9N5O3. The maximum Gasteiger partial charge on any atom is 0.327 e. The predicted octanol–water partition coefficient (Wildman–Crippen LogP) is -0.00700. The minimum absolute atomic E-state index is 0.297. The molecule has 2 aromatic rings. The van der Waals surface area contributed by atoms with Crippen molar-refractivity contribution in [1.82, 2.24) is 20.2 Å². The lowest BCUT2D eigenvalue weighted by Crippen LogP contribution is -2.11. The molecule has 0 saturated heterocycles. The second kappa shape index (κ2) is 5.04. The molecule has 0 aliphatic heterocycles. The van der Waals surface area contributed by atoms with Gasteiger partial charge in [0.25, 0.3) is 0 Å². The second-order valence-electron chi connectivity index (χ2n) is 3.38. The van der Waals surface area contributed by atoms with Crippen molar-refractivity contribution in [3.63, 3.8) is 0 Å². The van der Waals surface area contributed by atoms with E-state index in [4.69, 9.17) is 5.11 Å². The number of rotatable bonds is 5. The zero-order valence-corrected chi connectivity index (χ0v) is 9.15. The number of hydrogen-bond donors (Lipinski definition) is 2. The summed E-state index contributed by atoms with van der Waals surface area (Å²) in [4.78, 5) is 21.8. The number of anilines is 1. The first kappa shape index (κ1) is 11.7. The van der Waals surface area contributed by atoms with Crippen molar-refractivity contribution in [2.45, 2.75) is 6.54 Å². The molecule has 0 bridgehead atoms. The third kappa shape index (κ3) is 2.67. The number of amides is 1. The fourth-order valence-electron chi connectivity index (χ4n) is 1.36. The molecule has 0 aliphatic carbocycles. The van der Waals surface area contributed by atoms with Gasteiger partial charge in [-0.15, -0.1) is 10.2 Å². The molecular weight excluding hydrogens is 238 g/mol. The number of carbonyl (C=O) groups excluding carboxylic acids is 1. The lowest BCUT2D eigenvalue weighted by atomic mass is 10.2. The molecule has 1 aromatic carbocycles. The van der Waals surface area contributed by atoms with Gasteiger partial charge in [-0.2, -0.15) is 4.80 Å². The van der Waals surface area contributed by atoms with E-state index in [1.54, 1.807) is 24.3 Å². The summed E-state index contributed by atoms with van der Waals surface area (Å²) in [5.41, 5.74) is 1.23. The molecule has 18 heavy (non-hydrogen) atoms. The Morgan fingerprint density at radius 3 is 3.06 bits per heavy atom. The van der Waals surface area contributed by atoms with Crippen molar-refractivity contribution in [1.29, 1.82) is 0 Å². The van der Waals surface area contributed by atoms with Gasteiger partial charge in [-0.1, -0.05) is 12.1 Å². The number of nitrogens with one attached hydrogen (secondary N) is 1. The Hall–Kier alpha value is -2.77. The molecule has 0 unspecified atom stereocenters. The van der Waals surface area contributed by atoms with Crippen molar-refractivity contribution in [2.24, 2.45) is 0 Å². The lowest BCUT2D eigenvalue weighted by molar-refractivity contribution is -0.138. The zero-order valence-electron chi connectivity index (χ0n) is 9.15. The summed E-state index contributed by atoms with van der Waals surface area (Å²) in [5, 5.41) is 22.4. The molecule has 92 valence electrons. The summed E-state index contributed by atoms with van der Waals surface area (Å²) in [6.07, 6.45) is 0.563. The second-order valence-corrected chi connectivity index (χ2v) is 3.38. The molecule has 1 amide bonds. The van der Waals surface area contributed by atoms with E-state index in [2.05, 4.69) is 20.7 Å². The summed E-state index contributed by atoms with van der Waals surface area (Å²) in [6, 6.07) is 6.83. The molecule has 1 heterocycles. The fourth-order valence-corrected chi connectivity index (χ4v) is 1.36. The summed E-state index contributed by atoms with van der Waals surface area (Å²) >= 11 is 0. The highest BCUT2D eigenvalue weighted by molar-refractivity contribution is 5.74. The van der Waals surface area contributed by atoms with Crippen molar-refractivity contribution >= 4 is 18.1 Å². The van der Waals surface area contributed by atoms with E-state index in [0.717, 1.165) is 4.80 Å². The number of carbonyl (C=O) groups is 2. The van der Waals surface area contributed by atoms with Crippen LogP contribution in [0.1, 0.15) is 0 Å². The number of hydrogen-bond acceptors (Lipinski definition) is 5. The van der Waals surface area contributed by atoms with Crippen LogP contribution in [0, 0.1) is 0 Å². The molecule has 0 aliphatic rings. The summed E-state index contributed by atoms with van der Waals surface area (Å²) in [5.74, 6) is -0.749. The average Bonchev–Trinajstić information content (AvgIpc) is 2.77. The highest BCUT2D eigenvalue weighted by Gasteiger charge is 2.08. The Morgan fingerprint density at radius 2 is 2.33 bits per heavy atom. The van der Waals surface area contributed by atoms with Crippen molar-refractivity contribution in [3.05, 3.63) is 24.3 Å². The monoisotopic (exact) mass is 247 g/mol. The quantitative estimate of drug-likeness (QED) is 0.719. The molecule has 8 nitrogen and oxygen atoms in total. The fraction of sp³-hybridized carbons (Fsp3) is 0.100. The highest BCUT2D eigenvalue weighted by Crippen LogP contribution is 2.17.